The highest BCUT2D eigenvalue weighted by atomic mass is 16.3. The summed E-state index contributed by atoms with van der Waals surface area (Å²) in [6, 6.07) is 9.05. The number of amides is 1. The summed E-state index contributed by atoms with van der Waals surface area (Å²) >= 11 is 0. The van der Waals surface area contributed by atoms with Crippen LogP contribution in [0.2, 0.25) is 0 Å². The number of phenolic OH excluding ortho intramolecular Hbond substituents is 1. The molecule has 1 aliphatic heterocycles. The molecule has 3 aromatic rings. The van der Waals surface area contributed by atoms with Gasteiger partial charge in [0.15, 0.2) is 0 Å². The Bertz CT molecular complexity index is 980. The topological polar surface area (TPSA) is 74.2 Å². The van der Waals surface area contributed by atoms with Crippen molar-refractivity contribution >= 4 is 5.91 Å². The first-order valence-electron chi connectivity index (χ1n) is 9.12. The van der Waals surface area contributed by atoms with E-state index in [0.717, 1.165) is 17.0 Å². The maximum atomic E-state index is 13.1. The van der Waals surface area contributed by atoms with E-state index < -0.39 is 0 Å². The van der Waals surface area contributed by atoms with Gasteiger partial charge in [-0.1, -0.05) is 12.1 Å². The van der Waals surface area contributed by atoms with Gasteiger partial charge in [-0.05, 0) is 44.5 Å². The minimum atomic E-state index is -0.0687. The van der Waals surface area contributed by atoms with E-state index in [-0.39, 0.29) is 23.1 Å². The summed E-state index contributed by atoms with van der Waals surface area (Å²) in [5.74, 6) is 0.152. The van der Waals surface area contributed by atoms with Crippen LogP contribution in [0.15, 0.2) is 49.1 Å². The van der Waals surface area contributed by atoms with Crippen LogP contribution >= 0.6 is 0 Å². The quantitative estimate of drug-likeness (QED) is 0.731. The number of aromatic nitrogens is 3. The molecule has 1 aromatic carbocycles. The minimum absolute atomic E-state index is 0.00315. The van der Waals surface area contributed by atoms with Crippen LogP contribution in [0, 0.1) is 0 Å². The first kappa shape index (κ1) is 17.4. The van der Waals surface area contributed by atoms with Crippen molar-refractivity contribution in [3.63, 3.8) is 0 Å². The minimum Gasteiger partial charge on any atom is -0.508 e. The van der Waals surface area contributed by atoms with Gasteiger partial charge in [-0.15, -0.1) is 0 Å². The highest BCUT2D eigenvalue weighted by molar-refractivity contribution is 5.94. The van der Waals surface area contributed by atoms with E-state index >= 15 is 0 Å². The molecule has 2 N–H and O–H groups in total. The van der Waals surface area contributed by atoms with Crippen LogP contribution in [-0.4, -0.2) is 37.0 Å². The first-order chi connectivity index (χ1) is 12.8. The number of hydrogen-bond acceptors (Lipinski definition) is 3. The number of phenols is 1. The van der Waals surface area contributed by atoms with E-state index in [4.69, 9.17) is 0 Å². The number of hydrogen-bond donors (Lipinski definition) is 2. The van der Waals surface area contributed by atoms with Crippen molar-refractivity contribution < 1.29 is 9.90 Å². The van der Waals surface area contributed by atoms with E-state index in [1.54, 1.807) is 18.5 Å². The van der Waals surface area contributed by atoms with E-state index in [1.165, 1.54) is 0 Å². The number of imidazole rings is 1. The van der Waals surface area contributed by atoms with Crippen LogP contribution in [0.4, 0.5) is 0 Å². The average molecular weight is 364 g/mol. The Labute approximate surface area is 158 Å². The van der Waals surface area contributed by atoms with E-state index in [0.29, 0.717) is 18.7 Å². The highest BCUT2D eigenvalue weighted by Crippen LogP contribution is 2.33. The summed E-state index contributed by atoms with van der Waals surface area (Å²) in [6.07, 6.45) is 5.53. The Morgan fingerprint density at radius 3 is 2.81 bits per heavy atom. The summed E-state index contributed by atoms with van der Waals surface area (Å²) < 4.78 is 2.05. The van der Waals surface area contributed by atoms with Crippen LogP contribution in [0.1, 0.15) is 54.0 Å². The molecule has 6 nitrogen and oxygen atoms in total. The number of aromatic amines is 1. The predicted octanol–water partition coefficient (Wildman–Crippen LogP) is 3.46. The third kappa shape index (κ3) is 3.23. The summed E-state index contributed by atoms with van der Waals surface area (Å²) in [5, 5.41) is 9.86. The van der Waals surface area contributed by atoms with E-state index in [2.05, 4.69) is 35.3 Å². The van der Waals surface area contributed by atoms with Crippen molar-refractivity contribution in [1.82, 2.24) is 19.4 Å². The van der Waals surface area contributed by atoms with Crippen molar-refractivity contribution in [3.8, 4) is 5.75 Å². The van der Waals surface area contributed by atoms with Crippen molar-refractivity contribution in [2.24, 2.45) is 0 Å². The molecule has 1 unspecified atom stereocenters. The van der Waals surface area contributed by atoms with Crippen LogP contribution in [0.25, 0.3) is 0 Å². The number of benzene rings is 1. The number of aromatic hydroxyl groups is 1. The van der Waals surface area contributed by atoms with Crippen molar-refractivity contribution in [3.05, 3.63) is 71.6 Å². The molecule has 6 heteroatoms. The molecule has 3 heterocycles. The third-order valence-electron chi connectivity index (χ3n) is 5.11. The lowest BCUT2D eigenvalue weighted by atomic mass is 9.90. The Kier molecular flexibility index (Phi) is 4.06. The number of H-pyrrole nitrogens is 1. The molecule has 27 heavy (non-hydrogen) atoms. The number of carbonyl (C=O) groups excluding carboxylic acids is 1. The second-order valence-corrected chi connectivity index (χ2v) is 8.08. The summed E-state index contributed by atoms with van der Waals surface area (Å²) in [7, 11) is 0. The fraction of sp³-hybridized carbons (Fsp3) is 0.333. The Morgan fingerprint density at radius 2 is 2.11 bits per heavy atom. The molecule has 0 saturated heterocycles. The van der Waals surface area contributed by atoms with Crippen molar-refractivity contribution in [2.75, 3.05) is 6.54 Å². The number of nitrogens with zero attached hydrogens (tertiary/aromatic N) is 3. The van der Waals surface area contributed by atoms with Crippen LogP contribution in [0.5, 0.6) is 5.75 Å². The number of rotatable bonds is 2. The molecule has 0 radical (unpaired) electrons. The Balaban J connectivity index is 1.65. The third-order valence-corrected chi connectivity index (χ3v) is 5.11. The lowest BCUT2D eigenvalue weighted by Crippen LogP contribution is -2.38. The van der Waals surface area contributed by atoms with Crippen LogP contribution in [0.3, 0.4) is 0 Å². The summed E-state index contributed by atoms with van der Waals surface area (Å²) in [6.45, 7) is 7.36. The molecule has 0 fully saturated rings. The standard InChI is InChI=1S/C21H24N4O2/c1-21(2,3)25-8-7-15(10-25)20(27)24-11-17(14-5-4-6-16(26)9-14)19-18(12-24)22-13-23-19/h4-10,13,17,26H,11-12H2,1-3H3,(H,22,23). The fourth-order valence-corrected chi connectivity index (χ4v) is 3.60. The number of nitrogens with one attached hydrogen (secondary N) is 1. The summed E-state index contributed by atoms with van der Waals surface area (Å²) in [4.78, 5) is 22.6. The molecule has 0 bridgehead atoms. The van der Waals surface area contributed by atoms with Crippen LogP contribution < -0.4 is 0 Å². The van der Waals surface area contributed by atoms with Crippen molar-refractivity contribution in [2.45, 2.75) is 38.8 Å². The molecule has 0 spiro atoms. The molecule has 1 amide bonds. The van der Waals surface area contributed by atoms with Gasteiger partial charge in [-0.25, -0.2) is 4.98 Å². The zero-order chi connectivity index (χ0) is 19.2. The van der Waals surface area contributed by atoms with Crippen LogP contribution in [-0.2, 0) is 12.1 Å². The second-order valence-electron chi connectivity index (χ2n) is 8.08. The predicted molar refractivity (Wildman–Crippen MR) is 103 cm³/mol. The van der Waals surface area contributed by atoms with Gasteiger partial charge in [0.2, 0.25) is 0 Å². The number of fused-ring (bicyclic) bond motifs is 1. The van der Waals surface area contributed by atoms with Crippen molar-refractivity contribution in [1.29, 1.82) is 0 Å². The van der Waals surface area contributed by atoms with E-state index in [1.807, 2.05) is 35.5 Å². The maximum absolute atomic E-state index is 13.1. The van der Waals surface area contributed by atoms with Gasteiger partial charge < -0.3 is 19.6 Å². The average Bonchev–Trinajstić information content (AvgIpc) is 3.29. The molecule has 4 rings (SSSR count). The zero-order valence-corrected chi connectivity index (χ0v) is 15.8. The molecule has 140 valence electrons. The SMILES string of the molecule is CC(C)(C)n1ccc(C(=O)N2Cc3[nH]cnc3C(c3cccc(O)c3)C2)c1. The number of carbonyl (C=O) groups is 1. The molecule has 1 atom stereocenters. The van der Waals surface area contributed by atoms with Gasteiger partial charge in [0.25, 0.3) is 5.91 Å². The lowest BCUT2D eigenvalue weighted by Gasteiger charge is -2.32. The lowest BCUT2D eigenvalue weighted by molar-refractivity contribution is 0.0721. The first-order valence-corrected chi connectivity index (χ1v) is 9.12. The monoisotopic (exact) mass is 364 g/mol. The van der Waals surface area contributed by atoms with Gasteiger partial charge in [0.1, 0.15) is 5.75 Å². The van der Waals surface area contributed by atoms with Gasteiger partial charge in [-0.3, -0.25) is 4.79 Å². The summed E-state index contributed by atoms with van der Waals surface area (Å²) in [5.41, 5.74) is 3.45. The van der Waals surface area contributed by atoms with E-state index in [9.17, 15) is 9.90 Å². The zero-order valence-electron chi connectivity index (χ0n) is 15.8. The Morgan fingerprint density at radius 1 is 1.30 bits per heavy atom. The fourth-order valence-electron chi connectivity index (χ4n) is 3.60. The normalized spacial score (nSPS) is 17.0. The van der Waals surface area contributed by atoms with Gasteiger partial charge in [0, 0.05) is 30.4 Å². The maximum Gasteiger partial charge on any atom is 0.255 e. The Hall–Kier alpha value is -3.02. The molecular weight excluding hydrogens is 340 g/mol. The van der Waals surface area contributed by atoms with Gasteiger partial charge >= 0.3 is 0 Å². The second kappa shape index (κ2) is 6.30. The molecular formula is C21H24N4O2. The van der Waals surface area contributed by atoms with Gasteiger partial charge in [-0.2, -0.15) is 0 Å². The van der Waals surface area contributed by atoms with Gasteiger partial charge in [0.05, 0.1) is 29.8 Å². The molecule has 0 saturated carbocycles. The smallest absolute Gasteiger partial charge is 0.255 e. The highest BCUT2D eigenvalue weighted by Gasteiger charge is 2.32. The molecule has 0 aliphatic carbocycles. The molecule has 2 aromatic heterocycles. The molecule has 1 aliphatic rings. The largest absolute Gasteiger partial charge is 0.508 e.